The van der Waals surface area contributed by atoms with Gasteiger partial charge in [0.2, 0.25) is 0 Å². The number of nitrogens with zero attached hydrogens (tertiary/aromatic N) is 1. The van der Waals surface area contributed by atoms with Crippen LogP contribution in [0.25, 0.3) is 11.3 Å². The molecule has 0 aliphatic heterocycles. The third kappa shape index (κ3) is 5.24. The third-order valence-corrected chi connectivity index (χ3v) is 5.70. The largest absolute Gasteiger partial charge is 0.485 e. The minimum Gasteiger partial charge on any atom is -0.485 e. The quantitative estimate of drug-likeness (QED) is 0.410. The first kappa shape index (κ1) is 23.6. The Morgan fingerprint density at radius 2 is 1.81 bits per heavy atom. The predicted molar refractivity (Wildman–Crippen MR) is 109 cm³/mol. The Balaban J connectivity index is 1.94. The van der Waals surface area contributed by atoms with Crippen molar-refractivity contribution in [3.63, 3.8) is 0 Å². The van der Waals surface area contributed by atoms with Crippen molar-refractivity contribution in [3.05, 3.63) is 69.1 Å². The van der Waals surface area contributed by atoms with Crippen LogP contribution in [0, 0.1) is 25.5 Å². The van der Waals surface area contributed by atoms with Crippen molar-refractivity contribution < 1.29 is 36.6 Å². The van der Waals surface area contributed by atoms with E-state index >= 15 is 0 Å². The second-order valence-corrected chi connectivity index (χ2v) is 7.98. The van der Waals surface area contributed by atoms with Crippen molar-refractivity contribution in [2.24, 2.45) is 0 Å². The first-order chi connectivity index (χ1) is 15.0. The van der Waals surface area contributed by atoms with E-state index in [0.29, 0.717) is 16.7 Å². The van der Waals surface area contributed by atoms with Gasteiger partial charge < -0.3 is 9.84 Å². The number of rotatable bonds is 7. The standard InChI is InChI=1S/C22H18F5NO3S/c1-11-3-5-14(9-16(11)23)19-15(21(32-28-19)22(25,26)27)10-31-20-12(2)7-13(8-17(20)24)4-6-18(29)30/h3,5,7-9H,4,6,10H2,1-2H3,(H,29,30). The molecule has 1 heterocycles. The number of carbonyl (C=O) groups is 1. The van der Waals surface area contributed by atoms with E-state index in [2.05, 4.69) is 4.37 Å². The average molecular weight is 471 g/mol. The fourth-order valence-electron chi connectivity index (χ4n) is 3.16. The van der Waals surface area contributed by atoms with Gasteiger partial charge in [-0.05, 0) is 60.6 Å². The Bertz CT molecular complexity index is 1130. The summed E-state index contributed by atoms with van der Waals surface area (Å²) in [6.07, 6.45) is -4.81. The molecular formula is C22H18F5NO3S. The lowest BCUT2D eigenvalue weighted by Crippen LogP contribution is -2.09. The molecule has 170 valence electrons. The van der Waals surface area contributed by atoms with E-state index in [-0.39, 0.29) is 46.9 Å². The molecule has 10 heteroatoms. The molecule has 0 spiro atoms. The molecule has 0 saturated carbocycles. The SMILES string of the molecule is Cc1ccc(-c2nsc(C(F)(F)F)c2COc2c(C)cc(CCC(=O)O)cc2F)cc1F. The molecule has 0 unspecified atom stereocenters. The first-order valence-corrected chi connectivity index (χ1v) is 10.2. The molecule has 2 aromatic carbocycles. The Kier molecular flexibility index (Phi) is 6.82. The lowest BCUT2D eigenvalue weighted by molar-refractivity contribution is -0.137. The zero-order valence-corrected chi connectivity index (χ0v) is 17.8. The van der Waals surface area contributed by atoms with Gasteiger partial charge in [0, 0.05) is 17.5 Å². The number of aliphatic carboxylic acids is 1. The summed E-state index contributed by atoms with van der Waals surface area (Å²) in [5, 5.41) is 8.76. The predicted octanol–water partition coefficient (Wildman–Crippen LogP) is 6.32. The van der Waals surface area contributed by atoms with Crippen LogP contribution < -0.4 is 4.74 Å². The Labute approximate surface area is 184 Å². The molecule has 4 nitrogen and oxygen atoms in total. The van der Waals surface area contributed by atoms with Gasteiger partial charge in [-0.1, -0.05) is 18.2 Å². The summed E-state index contributed by atoms with van der Waals surface area (Å²) >= 11 is 0.216. The van der Waals surface area contributed by atoms with E-state index in [9.17, 15) is 26.7 Å². The fourth-order valence-corrected chi connectivity index (χ4v) is 3.93. The van der Waals surface area contributed by atoms with Gasteiger partial charge in [-0.3, -0.25) is 4.79 Å². The van der Waals surface area contributed by atoms with Crippen molar-refractivity contribution >= 4 is 17.5 Å². The molecule has 0 saturated heterocycles. The van der Waals surface area contributed by atoms with E-state index < -0.39 is 35.3 Å². The monoisotopic (exact) mass is 471 g/mol. The number of carboxylic acids is 1. The van der Waals surface area contributed by atoms with Gasteiger partial charge in [0.1, 0.15) is 17.3 Å². The number of hydrogen-bond donors (Lipinski definition) is 1. The Morgan fingerprint density at radius 3 is 2.41 bits per heavy atom. The van der Waals surface area contributed by atoms with Gasteiger partial charge in [0.15, 0.2) is 11.6 Å². The lowest BCUT2D eigenvalue weighted by atomic mass is 10.0. The van der Waals surface area contributed by atoms with Gasteiger partial charge >= 0.3 is 12.1 Å². The number of halogens is 5. The fraction of sp³-hybridized carbons (Fsp3) is 0.273. The first-order valence-electron chi connectivity index (χ1n) is 9.43. The summed E-state index contributed by atoms with van der Waals surface area (Å²) in [5.41, 5.74) is 0.818. The summed E-state index contributed by atoms with van der Waals surface area (Å²) < 4.78 is 78.4. The molecule has 0 aliphatic rings. The third-order valence-electron chi connectivity index (χ3n) is 4.77. The van der Waals surface area contributed by atoms with Crippen molar-refractivity contribution in [1.82, 2.24) is 4.37 Å². The minimum atomic E-state index is -4.72. The zero-order chi connectivity index (χ0) is 23.6. The molecule has 1 aromatic heterocycles. The Hall–Kier alpha value is -3.01. The van der Waals surface area contributed by atoms with E-state index in [1.165, 1.54) is 32.0 Å². The average Bonchev–Trinajstić information content (AvgIpc) is 3.12. The van der Waals surface area contributed by atoms with Crippen molar-refractivity contribution in [3.8, 4) is 17.0 Å². The second kappa shape index (κ2) is 9.23. The van der Waals surface area contributed by atoms with E-state index in [1.54, 1.807) is 0 Å². The number of aromatic nitrogens is 1. The molecule has 0 bridgehead atoms. The van der Waals surface area contributed by atoms with Crippen molar-refractivity contribution in [1.29, 1.82) is 0 Å². The van der Waals surface area contributed by atoms with Crippen LogP contribution in [-0.2, 0) is 24.0 Å². The van der Waals surface area contributed by atoms with Crippen LogP contribution in [0.3, 0.4) is 0 Å². The maximum absolute atomic E-state index is 14.6. The molecule has 3 rings (SSSR count). The van der Waals surface area contributed by atoms with Crippen LogP contribution >= 0.6 is 11.5 Å². The number of carboxylic acid groups (broad SMARTS) is 1. The minimum absolute atomic E-state index is 0.0858. The normalized spacial score (nSPS) is 11.6. The Morgan fingerprint density at radius 1 is 1.09 bits per heavy atom. The van der Waals surface area contributed by atoms with Gasteiger partial charge in [-0.2, -0.15) is 17.5 Å². The number of hydrogen-bond acceptors (Lipinski definition) is 4. The molecule has 0 amide bonds. The zero-order valence-electron chi connectivity index (χ0n) is 17.0. The van der Waals surface area contributed by atoms with Crippen LogP contribution in [0.5, 0.6) is 5.75 Å². The summed E-state index contributed by atoms with van der Waals surface area (Å²) in [6.45, 7) is 2.40. The highest BCUT2D eigenvalue weighted by Gasteiger charge is 2.38. The highest BCUT2D eigenvalue weighted by molar-refractivity contribution is 7.06. The number of benzene rings is 2. The number of ether oxygens (including phenoxy) is 1. The molecule has 1 N–H and O–H groups in total. The smallest absolute Gasteiger partial charge is 0.427 e. The van der Waals surface area contributed by atoms with E-state index in [0.717, 1.165) is 12.1 Å². The van der Waals surface area contributed by atoms with Crippen molar-refractivity contribution in [2.45, 2.75) is 39.5 Å². The number of alkyl halides is 3. The van der Waals surface area contributed by atoms with Crippen LogP contribution in [0.2, 0.25) is 0 Å². The van der Waals surface area contributed by atoms with Gasteiger partial charge in [-0.25, -0.2) is 8.78 Å². The summed E-state index contributed by atoms with van der Waals surface area (Å²) in [4.78, 5) is 9.70. The molecule has 0 fully saturated rings. The van der Waals surface area contributed by atoms with Gasteiger partial charge in [0.25, 0.3) is 0 Å². The van der Waals surface area contributed by atoms with Crippen LogP contribution in [-0.4, -0.2) is 15.4 Å². The van der Waals surface area contributed by atoms with Crippen molar-refractivity contribution in [2.75, 3.05) is 0 Å². The van der Waals surface area contributed by atoms with Crippen LogP contribution in [0.4, 0.5) is 22.0 Å². The number of aryl methyl sites for hydroxylation is 3. The topological polar surface area (TPSA) is 59.4 Å². The molecule has 0 atom stereocenters. The maximum atomic E-state index is 14.6. The highest BCUT2D eigenvalue weighted by Crippen LogP contribution is 2.40. The van der Waals surface area contributed by atoms with E-state index in [4.69, 9.17) is 9.84 Å². The van der Waals surface area contributed by atoms with E-state index in [1.807, 2.05) is 0 Å². The van der Waals surface area contributed by atoms with Gasteiger partial charge in [0.05, 0.1) is 5.69 Å². The van der Waals surface area contributed by atoms with Gasteiger partial charge in [-0.15, -0.1) is 0 Å². The second-order valence-electron chi connectivity index (χ2n) is 7.21. The summed E-state index contributed by atoms with van der Waals surface area (Å²) in [6, 6.07) is 6.60. The highest BCUT2D eigenvalue weighted by atomic mass is 32.1. The lowest BCUT2D eigenvalue weighted by Gasteiger charge is -2.14. The molecule has 32 heavy (non-hydrogen) atoms. The molecule has 0 aliphatic carbocycles. The van der Waals surface area contributed by atoms with Crippen LogP contribution in [0.1, 0.15) is 33.6 Å². The molecular weight excluding hydrogens is 453 g/mol. The maximum Gasteiger partial charge on any atom is 0.427 e. The van der Waals surface area contributed by atoms with Crippen LogP contribution in [0.15, 0.2) is 30.3 Å². The molecule has 0 radical (unpaired) electrons. The molecule has 3 aromatic rings. The summed E-state index contributed by atoms with van der Waals surface area (Å²) in [5.74, 6) is -2.68. The summed E-state index contributed by atoms with van der Waals surface area (Å²) in [7, 11) is 0.